The molecule has 1 rings (SSSR count). The highest BCUT2D eigenvalue weighted by molar-refractivity contribution is 4.76. The van der Waals surface area contributed by atoms with E-state index < -0.39 is 0 Å². The quantitative estimate of drug-likeness (QED) is 0.686. The first-order valence-corrected chi connectivity index (χ1v) is 7.02. The highest BCUT2D eigenvalue weighted by atomic mass is 16.5. The van der Waals surface area contributed by atoms with Crippen LogP contribution in [0.15, 0.2) is 0 Å². The van der Waals surface area contributed by atoms with Gasteiger partial charge in [-0.15, -0.1) is 0 Å². The van der Waals surface area contributed by atoms with Crippen molar-refractivity contribution in [2.75, 3.05) is 13.7 Å². The highest BCUT2D eigenvalue weighted by Gasteiger charge is 2.19. The van der Waals surface area contributed by atoms with Gasteiger partial charge in [0.15, 0.2) is 0 Å². The van der Waals surface area contributed by atoms with E-state index in [0.717, 1.165) is 12.5 Å². The van der Waals surface area contributed by atoms with Crippen LogP contribution in [0.4, 0.5) is 0 Å². The number of methoxy groups -OCH3 is 1. The zero-order valence-corrected chi connectivity index (χ0v) is 11.3. The molecule has 0 bridgehead atoms. The molecule has 2 nitrogen and oxygen atoms in total. The minimum absolute atomic E-state index is 0.407. The lowest BCUT2D eigenvalue weighted by Gasteiger charge is -2.22. The molecule has 1 fully saturated rings. The smallest absolute Gasteiger partial charge is 0.0543 e. The highest BCUT2D eigenvalue weighted by Crippen LogP contribution is 2.29. The summed E-state index contributed by atoms with van der Waals surface area (Å²) in [6.45, 7) is 5.47. The van der Waals surface area contributed by atoms with E-state index in [4.69, 9.17) is 4.74 Å². The fraction of sp³-hybridized carbons (Fsp3) is 1.00. The summed E-state index contributed by atoms with van der Waals surface area (Å²) in [4.78, 5) is 0. The molecule has 1 aliphatic carbocycles. The molecule has 0 aromatic rings. The topological polar surface area (TPSA) is 21.3 Å². The molecule has 0 radical (unpaired) electrons. The van der Waals surface area contributed by atoms with Crippen molar-refractivity contribution in [3.05, 3.63) is 0 Å². The van der Waals surface area contributed by atoms with E-state index in [1.54, 1.807) is 0 Å². The molecule has 16 heavy (non-hydrogen) atoms. The minimum atomic E-state index is 0.407. The normalized spacial score (nSPS) is 21.2. The second kappa shape index (κ2) is 8.08. The summed E-state index contributed by atoms with van der Waals surface area (Å²) in [7, 11) is 1.81. The van der Waals surface area contributed by atoms with Crippen LogP contribution in [0.3, 0.4) is 0 Å². The molecule has 1 aliphatic rings. The Morgan fingerprint density at radius 2 is 1.94 bits per heavy atom. The standard InChI is InChI=1S/C14H29NO/c1-4-15-14(10-9-12(2)16-3)11-13-7-5-6-8-13/h12-15H,4-11H2,1-3H3. The van der Waals surface area contributed by atoms with Crippen LogP contribution in [0.2, 0.25) is 0 Å². The summed E-state index contributed by atoms with van der Waals surface area (Å²) in [6, 6.07) is 0.714. The lowest BCUT2D eigenvalue weighted by atomic mass is 9.95. The zero-order chi connectivity index (χ0) is 11.8. The Morgan fingerprint density at radius 1 is 1.25 bits per heavy atom. The van der Waals surface area contributed by atoms with Crippen LogP contribution in [0.25, 0.3) is 0 Å². The summed E-state index contributed by atoms with van der Waals surface area (Å²) >= 11 is 0. The average Bonchev–Trinajstić information content (AvgIpc) is 2.78. The molecule has 0 heterocycles. The van der Waals surface area contributed by atoms with Crippen LogP contribution in [0.5, 0.6) is 0 Å². The van der Waals surface area contributed by atoms with Crippen LogP contribution < -0.4 is 5.32 Å². The summed E-state index contributed by atoms with van der Waals surface area (Å²) < 4.78 is 5.32. The van der Waals surface area contributed by atoms with Gasteiger partial charge in [-0.2, -0.15) is 0 Å². The van der Waals surface area contributed by atoms with E-state index in [1.807, 2.05) is 7.11 Å². The van der Waals surface area contributed by atoms with Gasteiger partial charge in [0.1, 0.15) is 0 Å². The van der Waals surface area contributed by atoms with E-state index in [9.17, 15) is 0 Å². The molecule has 0 spiro atoms. The Balaban J connectivity index is 2.22. The number of hydrogen-bond acceptors (Lipinski definition) is 2. The van der Waals surface area contributed by atoms with Gasteiger partial charge >= 0.3 is 0 Å². The molecule has 1 N–H and O–H groups in total. The molecule has 0 aromatic carbocycles. The third-order valence-electron chi connectivity index (χ3n) is 3.91. The van der Waals surface area contributed by atoms with Gasteiger partial charge in [-0.3, -0.25) is 0 Å². The third-order valence-corrected chi connectivity index (χ3v) is 3.91. The first-order chi connectivity index (χ1) is 7.76. The molecular formula is C14H29NO. The van der Waals surface area contributed by atoms with Crippen LogP contribution in [0.1, 0.15) is 58.8 Å². The van der Waals surface area contributed by atoms with Gasteiger partial charge in [-0.1, -0.05) is 32.6 Å². The van der Waals surface area contributed by atoms with Crippen molar-refractivity contribution in [1.29, 1.82) is 0 Å². The predicted molar refractivity (Wildman–Crippen MR) is 69.7 cm³/mol. The van der Waals surface area contributed by atoms with Gasteiger partial charge in [0.2, 0.25) is 0 Å². The zero-order valence-electron chi connectivity index (χ0n) is 11.3. The molecule has 1 saturated carbocycles. The van der Waals surface area contributed by atoms with Crippen molar-refractivity contribution < 1.29 is 4.74 Å². The largest absolute Gasteiger partial charge is 0.382 e. The molecule has 2 heteroatoms. The van der Waals surface area contributed by atoms with Crippen molar-refractivity contribution in [1.82, 2.24) is 5.32 Å². The molecule has 96 valence electrons. The Hall–Kier alpha value is -0.0800. The summed E-state index contributed by atoms with van der Waals surface area (Å²) in [5.41, 5.74) is 0. The SMILES string of the molecule is CCNC(CCC(C)OC)CC1CCCC1. The van der Waals surface area contributed by atoms with Gasteiger partial charge in [0, 0.05) is 13.2 Å². The minimum Gasteiger partial charge on any atom is -0.382 e. The van der Waals surface area contributed by atoms with Gasteiger partial charge < -0.3 is 10.1 Å². The number of nitrogens with one attached hydrogen (secondary N) is 1. The van der Waals surface area contributed by atoms with Crippen LogP contribution in [-0.2, 0) is 4.74 Å². The lowest BCUT2D eigenvalue weighted by Crippen LogP contribution is -2.31. The second-order valence-corrected chi connectivity index (χ2v) is 5.26. The Kier molecular flexibility index (Phi) is 7.06. The molecule has 0 aliphatic heterocycles. The maximum absolute atomic E-state index is 5.32. The van der Waals surface area contributed by atoms with E-state index in [1.165, 1.54) is 44.9 Å². The molecule has 2 unspecified atom stereocenters. The maximum atomic E-state index is 5.32. The van der Waals surface area contributed by atoms with Gasteiger partial charge in [0.05, 0.1) is 6.10 Å². The lowest BCUT2D eigenvalue weighted by molar-refractivity contribution is 0.105. The van der Waals surface area contributed by atoms with Gasteiger partial charge in [-0.25, -0.2) is 0 Å². The van der Waals surface area contributed by atoms with Crippen molar-refractivity contribution in [3.63, 3.8) is 0 Å². The second-order valence-electron chi connectivity index (χ2n) is 5.26. The first-order valence-electron chi connectivity index (χ1n) is 7.02. The van der Waals surface area contributed by atoms with Crippen molar-refractivity contribution in [3.8, 4) is 0 Å². The molecule has 2 atom stereocenters. The summed E-state index contributed by atoms with van der Waals surface area (Å²) in [6.07, 6.45) is 10.1. The number of rotatable bonds is 8. The van der Waals surface area contributed by atoms with Gasteiger partial charge in [-0.05, 0) is 38.6 Å². The van der Waals surface area contributed by atoms with Crippen molar-refractivity contribution in [2.24, 2.45) is 5.92 Å². The third kappa shape index (κ3) is 5.31. The Morgan fingerprint density at radius 3 is 2.50 bits per heavy atom. The fourth-order valence-electron chi connectivity index (χ4n) is 2.79. The monoisotopic (exact) mass is 227 g/mol. The van der Waals surface area contributed by atoms with E-state index in [0.29, 0.717) is 12.1 Å². The Bertz CT molecular complexity index is 166. The average molecular weight is 227 g/mol. The summed E-state index contributed by atoms with van der Waals surface area (Å²) in [5, 5.41) is 3.63. The summed E-state index contributed by atoms with van der Waals surface area (Å²) in [5.74, 6) is 0.988. The predicted octanol–water partition coefficient (Wildman–Crippen LogP) is 3.36. The molecular weight excluding hydrogens is 198 g/mol. The van der Waals surface area contributed by atoms with Crippen LogP contribution in [-0.4, -0.2) is 25.8 Å². The van der Waals surface area contributed by atoms with Crippen LogP contribution >= 0.6 is 0 Å². The van der Waals surface area contributed by atoms with Gasteiger partial charge in [0.25, 0.3) is 0 Å². The molecule has 0 amide bonds. The number of ether oxygens (including phenoxy) is 1. The van der Waals surface area contributed by atoms with Crippen LogP contribution in [0, 0.1) is 5.92 Å². The van der Waals surface area contributed by atoms with Crippen molar-refractivity contribution >= 4 is 0 Å². The molecule has 0 aromatic heterocycles. The molecule has 0 saturated heterocycles. The number of hydrogen-bond donors (Lipinski definition) is 1. The Labute approximate surface area is 101 Å². The van der Waals surface area contributed by atoms with E-state index >= 15 is 0 Å². The van der Waals surface area contributed by atoms with E-state index in [2.05, 4.69) is 19.2 Å². The van der Waals surface area contributed by atoms with E-state index in [-0.39, 0.29) is 0 Å². The van der Waals surface area contributed by atoms with Crippen molar-refractivity contribution in [2.45, 2.75) is 70.9 Å². The maximum Gasteiger partial charge on any atom is 0.0543 e. The first kappa shape index (κ1) is 14.0. The fourth-order valence-corrected chi connectivity index (χ4v) is 2.79.